The highest BCUT2D eigenvalue weighted by Crippen LogP contribution is 2.45. The molecule has 11 heteroatoms. The average molecular weight is 277 g/mol. The number of hydrogen-bond donors (Lipinski definition) is 2. The van der Waals surface area contributed by atoms with Gasteiger partial charge in [0.1, 0.15) is 5.97 Å². The van der Waals surface area contributed by atoms with Gasteiger partial charge in [-0.15, -0.1) is 0 Å². The lowest BCUT2D eigenvalue weighted by atomic mass is 10.1. The van der Waals surface area contributed by atoms with Crippen LogP contribution in [0.1, 0.15) is 6.92 Å². The van der Waals surface area contributed by atoms with Crippen molar-refractivity contribution in [1.29, 1.82) is 0 Å². The van der Waals surface area contributed by atoms with Crippen LogP contribution < -0.4 is 11.3 Å². The van der Waals surface area contributed by atoms with Gasteiger partial charge in [-0.25, -0.2) is 0 Å². The Morgan fingerprint density at radius 2 is 1.35 bits per heavy atom. The molecule has 0 aliphatic rings. The molecule has 0 saturated heterocycles. The van der Waals surface area contributed by atoms with Crippen LogP contribution in [0.3, 0.4) is 0 Å². The van der Waals surface area contributed by atoms with Gasteiger partial charge in [0.2, 0.25) is 0 Å². The molecule has 0 atom stereocenters. The average Bonchev–Trinajstić information content (AvgIpc) is 2.02. The molecule has 0 spiro atoms. The first kappa shape index (κ1) is 21.2. The van der Waals surface area contributed by atoms with Crippen LogP contribution >= 0.6 is 0 Å². The van der Waals surface area contributed by atoms with Crippen molar-refractivity contribution >= 4 is 5.97 Å². The van der Waals surface area contributed by atoms with E-state index in [2.05, 4.69) is 0 Å². The first-order valence-electron chi connectivity index (χ1n) is 3.50. The van der Waals surface area contributed by atoms with Gasteiger partial charge in [-0.05, 0) is 6.92 Å². The number of hydrogen-bond acceptors (Lipinski definition) is 3. The fourth-order valence-corrected chi connectivity index (χ4v) is 0.306. The quantitative estimate of drug-likeness (QED) is 0.735. The van der Waals surface area contributed by atoms with Crippen LogP contribution in [-0.4, -0.2) is 35.7 Å². The lowest BCUT2D eigenvalue weighted by Crippen LogP contribution is -2.60. The van der Waals surface area contributed by atoms with Gasteiger partial charge in [0, 0.05) is 6.61 Å². The normalized spacial score (nSPS) is 12.1. The molecule has 0 amide bonds. The van der Waals surface area contributed by atoms with Crippen molar-refractivity contribution in [3.63, 3.8) is 0 Å². The molecule has 4 nitrogen and oxygen atoms in total. The summed E-state index contributed by atoms with van der Waals surface area (Å²) < 4.78 is 80.2. The molecule has 17 heavy (non-hydrogen) atoms. The molecule has 0 aliphatic carbocycles. The highest BCUT2D eigenvalue weighted by atomic mass is 19.4. The second-order valence-corrected chi connectivity index (χ2v) is 2.25. The van der Waals surface area contributed by atoms with Crippen LogP contribution in [0, 0.1) is 0 Å². The Hall–Kier alpha value is -1.10. The predicted molar refractivity (Wildman–Crippen MR) is 39.7 cm³/mol. The number of carboxylic acid groups (broad SMARTS) is 1. The van der Waals surface area contributed by atoms with Crippen LogP contribution in [-0.2, 0) is 4.79 Å². The third-order valence-corrected chi connectivity index (χ3v) is 1.01. The van der Waals surface area contributed by atoms with E-state index in [9.17, 15) is 40.6 Å². The minimum atomic E-state index is -6.64. The van der Waals surface area contributed by atoms with Crippen LogP contribution in [0.5, 0.6) is 0 Å². The summed E-state index contributed by atoms with van der Waals surface area (Å²) in [6, 6.07) is 0. The summed E-state index contributed by atoms with van der Waals surface area (Å²) in [6.07, 6.45) is -6.64. The Morgan fingerprint density at radius 1 is 1.12 bits per heavy atom. The van der Waals surface area contributed by atoms with E-state index in [1.54, 1.807) is 6.92 Å². The molecule has 0 saturated carbocycles. The van der Waals surface area contributed by atoms with E-state index in [1.165, 1.54) is 0 Å². The minimum Gasteiger partial charge on any atom is -0.544 e. The summed E-state index contributed by atoms with van der Waals surface area (Å²) in [6.45, 7) is 1.93. The number of carbonyl (C=O) groups excluding carboxylic acids is 1. The Labute approximate surface area is 90.6 Å². The summed E-state index contributed by atoms with van der Waals surface area (Å²) in [4.78, 5) is 9.27. The van der Waals surface area contributed by atoms with Crippen LogP contribution in [0.25, 0.3) is 0 Å². The SMILES string of the molecule is CCO.O=C([O-])C(F)(F)C(F)(F)C(F)(F)F.[NH4+]. The van der Waals surface area contributed by atoms with Crippen LogP contribution in [0.4, 0.5) is 30.7 Å². The Kier molecular flexibility index (Phi) is 8.22. The summed E-state index contributed by atoms with van der Waals surface area (Å²) in [7, 11) is 0. The molecule has 0 unspecified atom stereocenters. The third-order valence-electron chi connectivity index (χ3n) is 1.01. The van der Waals surface area contributed by atoms with E-state index in [0.29, 0.717) is 0 Å². The van der Waals surface area contributed by atoms with Gasteiger partial charge in [0.05, 0.1) is 0 Å². The zero-order chi connectivity index (χ0) is 13.8. The summed E-state index contributed by atoms with van der Waals surface area (Å²) >= 11 is 0. The van der Waals surface area contributed by atoms with Gasteiger partial charge in [-0.3, -0.25) is 0 Å². The molecule has 0 aromatic carbocycles. The second-order valence-electron chi connectivity index (χ2n) is 2.25. The van der Waals surface area contributed by atoms with Crippen molar-refractivity contribution in [2.75, 3.05) is 6.61 Å². The number of rotatable bonds is 2. The Morgan fingerprint density at radius 3 is 1.41 bits per heavy atom. The van der Waals surface area contributed by atoms with Crippen LogP contribution in [0.15, 0.2) is 0 Å². The number of quaternary nitrogens is 1. The van der Waals surface area contributed by atoms with E-state index < -0.39 is 24.0 Å². The van der Waals surface area contributed by atoms with Crippen molar-refractivity contribution in [2.24, 2.45) is 0 Å². The molecular formula is C6H10F7NO3. The van der Waals surface area contributed by atoms with E-state index in [4.69, 9.17) is 5.11 Å². The Balaban J connectivity index is -0.000000440. The molecule has 0 aliphatic heterocycles. The maximum atomic E-state index is 11.7. The van der Waals surface area contributed by atoms with Gasteiger partial charge in [0.25, 0.3) is 0 Å². The highest BCUT2D eigenvalue weighted by Gasteiger charge is 2.73. The number of halogens is 7. The van der Waals surface area contributed by atoms with Crippen molar-refractivity contribution in [3.8, 4) is 0 Å². The van der Waals surface area contributed by atoms with Crippen molar-refractivity contribution in [1.82, 2.24) is 6.15 Å². The number of aliphatic hydroxyl groups excluding tert-OH is 1. The first-order chi connectivity index (χ1) is 6.86. The number of alkyl halides is 7. The summed E-state index contributed by atoms with van der Waals surface area (Å²) in [5.74, 6) is -16.7. The number of aliphatic carboxylic acids is 1. The maximum Gasteiger partial charge on any atom is 0.460 e. The fourth-order valence-electron chi connectivity index (χ4n) is 0.306. The largest absolute Gasteiger partial charge is 0.544 e. The van der Waals surface area contributed by atoms with Gasteiger partial charge in [-0.2, -0.15) is 30.7 Å². The third kappa shape index (κ3) is 4.73. The molecule has 106 valence electrons. The molecule has 5 N–H and O–H groups in total. The molecule has 0 fully saturated rings. The molecule has 0 rings (SSSR count). The lowest BCUT2D eigenvalue weighted by Gasteiger charge is -2.28. The fraction of sp³-hybridized carbons (Fsp3) is 0.833. The van der Waals surface area contributed by atoms with Gasteiger partial charge < -0.3 is 21.2 Å². The molecular weight excluding hydrogens is 267 g/mol. The first-order valence-corrected chi connectivity index (χ1v) is 3.50. The molecule has 0 aromatic rings. The monoisotopic (exact) mass is 277 g/mol. The van der Waals surface area contributed by atoms with Gasteiger partial charge >= 0.3 is 18.0 Å². The number of aliphatic hydroxyl groups is 1. The lowest BCUT2D eigenvalue weighted by molar-refractivity contribution is -0.387. The van der Waals surface area contributed by atoms with E-state index in [0.717, 1.165) is 0 Å². The topological polar surface area (TPSA) is 96.9 Å². The second kappa shape index (κ2) is 6.59. The zero-order valence-corrected chi connectivity index (χ0v) is 8.62. The maximum absolute atomic E-state index is 11.7. The highest BCUT2D eigenvalue weighted by molar-refractivity contribution is 5.74. The summed E-state index contributed by atoms with van der Waals surface area (Å²) in [5, 5.41) is 16.8. The smallest absolute Gasteiger partial charge is 0.460 e. The predicted octanol–water partition coefficient (Wildman–Crippen LogP) is 0.944. The van der Waals surface area contributed by atoms with Gasteiger partial charge in [-0.1, -0.05) is 0 Å². The molecule has 0 aromatic heterocycles. The minimum absolute atomic E-state index is 0. The Bertz CT molecular complexity index is 240. The zero-order valence-electron chi connectivity index (χ0n) is 8.62. The standard InChI is InChI=1S/C4HF7O2.C2H6O.H3N/c5-2(6,1(12)13)3(7,8)4(9,10)11;1-2-3;/h(H,12,13);3H,2H2,1H3;1H3. The summed E-state index contributed by atoms with van der Waals surface area (Å²) in [5.41, 5.74) is 0. The van der Waals surface area contributed by atoms with Crippen molar-refractivity contribution in [3.05, 3.63) is 0 Å². The van der Waals surface area contributed by atoms with Gasteiger partial charge in [0.15, 0.2) is 0 Å². The molecule has 0 heterocycles. The van der Waals surface area contributed by atoms with Crippen LogP contribution in [0.2, 0.25) is 0 Å². The van der Waals surface area contributed by atoms with Crippen molar-refractivity contribution in [2.45, 2.75) is 24.9 Å². The van der Waals surface area contributed by atoms with Crippen molar-refractivity contribution < 1.29 is 45.7 Å². The molecule has 0 radical (unpaired) electrons. The number of carbonyl (C=O) groups is 1. The number of carboxylic acids is 1. The van der Waals surface area contributed by atoms with E-state index in [1.807, 2.05) is 0 Å². The van der Waals surface area contributed by atoms with E-state index >= 15 is 0 Å². The molecule has 0 bridgehead atoms. The van der Waals surface area contributed by atoms with E-state index in [-0.39, 0.29) is 12.8 Å².